The van der Waals surface area contributed by atoms with Crippen LogP contribution in [-0.2, 0) is 0 Å². The Hall–Kier alpha value is -1.71. The van der Waals surface area contributed by atoms with E-state index in [1.165, 1.54) is 6.07 Å². The van der Waals surface area contributed by atoms with E-state index in [1.54, 1.807) is 13.0 Å². The molecule has 1 aliphatic rings. The van der Waals surface area contributed by atoms with Gasteiger partial charge in [-0.15, -0.1) is 0 Å². The van der Waals surface area contributed by atoms with Crippen LogP contribution in [0.3, 0.4) is 0 Å². The summed E-state index contributed by atoms with van der Waals surface area (Å²) in [5.41, 5.74) is 0.931. The van der Waals surface area contributed by atoms with Gasteiger partial charge in [0.05, 0.1) is 5.56 Å². The Morgan fingerprint density at radius 1 is 1.38 bits per heavy atom. The van der Waals surface area contributed by atoms with Crippen LogP contribution < -0.4 is 9.47 Å². The van der Waals surface area contributed by atoms with Crippen LogP contribution in [-0.4, -0.2) is 17.9 Å². The molecular formula is C9H8O4. The van der Waals surface area contributed by atoms with E-state index < -0.39 is 5.97 Å². The maximum atomic E-state index is 10.7. The smallest absolute Gasteiger partial charge is 0.336 e. The summed E-state index contributed by atoms with van der Waals surface area (Å²) in [7, 11) is 0. The highest BCUT2D eigenvalue weighted by molar-refractivity contribution is 5.90. The highest BCUT2D eigenvalue weighted by Gasteiger charge is 2.18. The summed E-state index contributed by atoms with van der Waals surface area (Å²) < 4.78 is 10.2. The molecule has 0 atom stereocenters. The van der Waals surface area contributed by atoms with Crippen molar-refractivity contribution in [2.24, 2.45) is 0 Å². The maximum Gasteiger partial charge on any atom is 0.336 e. The normalized spacial score (nSPS) is 13.0. The Bertz CT molecular complexity index is 370. The van der Waals surface area contributed by atoms with Gasteiger partial charge < -0.3 is 14.6 Å². The molecule has 0 aromatic heterocycles. The summed E-state index contributed by atoms with van der Waals surface area (Å²) in [4.78, 5) is 10.7. The number of ether oxygens (including phenoxy) is 2. The minimum atomic E-state index is -0.948. The molecule has 68 valence electrons. The lowest BCUT2D eigenvalue weighted by Crippen LogP contribution is -1.99. The van der Waals surface area contributed by atoms with Crippen LogP contribution in [0.5, 0.6) is 11.5 Å². The van der Waals surface area contributed by atoms with Gasteiger partial charge in [-0.2, -0.15) is 0 Å². The molecule has 1 heterocycles. The van der Waals surface area contributed by atoms with Crippen LogP contribution in [0.1, 0.15) is 15.9 Å². The van der Waals surface area contributed by atoms with Crippen molar-refractivity contribution in [2.75, 3.05) is 6.79 Å². The molecule has 4 nitrogen and oxygen atoms in total. The van der Waals surface area contributed by atoms with Crippen LogP contribution in [0.4, 0.5) is 0 Å². The third-order valence-electron chi connectivity index (χ3n) is 1.95. The van der Waals surface area contributed by atoms with Gasteiger partial charge in [-0.25, -0.2) is 4.79 Å². The predicted octanol–water partition coefficient (Wildman–Crippen LogP) is 1.42. The van der Waals surface area contributed by atoms with E-state index in [0.29, 0.717) is 17.1 Å². The molecule has 0 saturated carbocycles. The standard InChI is InChI=1S/C9H8O4/c1-5-2-7-8(13-4-12-7)3-6(5)9(10)11/h2-3H,4H2,1H3,(H,10,11). The number of carbonyl (C=O) groups is 1. The van der Waals surface area contributed by atoms with Crippen LogP contribution in [0.15, 0.2) is 12.1 Å². The van der Waals surface area contributed by atoms with Crippen LogP contribution in [0.2, 0.25) is 0 Å². The number of fused-ring (bicyclic) bond motifs is 1. The van der Waals surface area contributed by atoms with Gasteiger partial charge >= 0.3 is 5.97 Å². The minimum Gasteiger partial charge on any atom is -0.478 e. The third kappa shape index (κ3) is 1.20. The second-order valence-electron chi connectivity index (χ2n) is 2.83. The summed E-state index contributed by atoms with van der Waals surface area (Å²) in [6, 6.07) is 3.16. The van der Waals surface area contributed by atoms with E-state index in [-0.39, 0.29) is 12.4 Å². The van der Waals surface area contributed by atoms with Crippen molar-refractivity contribution in [3.8, 4) is 11.5 Å². The number of hydrogen-bond donors (Lipinski definition) is 1. The molecule has 4 heteroatoms. The molecule has 2 rings (SSSR count). The Morgan fingerprint density at radius 2 is 2.00 bits per heavy atom. The molecule has 1 N–H and O–H groups in total. The zero-order valence-corrected chi connectivity index (χ0v) is 7.03. The first-order valence-electron chi connectivity index (χ1n) is 3.82. The molecular weight excluding hydrogens is 172 g/mol. The average molecular weight is 180 g/mol. The van der Waals surface area contributed by atoms with Crippen LogP contribution >= 0.6 is 0 Å². The van der Waals surface area contributed by atoms with Crippen molar-refractivity contribution in [2.45, 2.75) is 6.92 Å². The van der Waals surface area contributed by atoms with Gasteiger partial charge in [0.25, 0.3) is 0 Å². The molecule has 0 amide bonds. The molecule has 1 aromatic rings. The van der Waals surface area contributed by atoms with E-state index in [4.69, 9.17) is 14.6 Å². The number of rotatable bonds is 1. The zero-order chi connectivity index (χ0) is 9.42. The average Bonchev–Trinajstić information content (AvgIpc) is 2.48. The molecule has 0 spiro atoms. The van der Waals surface area contributed by atoms with Gasteiger partial charge in [0.15, 0.2) is 11.5 Å². The molecule has 0 bridgehead atoms. The summed E-state index contributed by atoms with van der Waals surface area (Å²) in [5.74, 6) is 0.168. The van der Waals surface area contributed by atoms with E-state index in [1.807, 2.05) is 0 Å². The van der Waals surface area contributed by atoms with Crippen LogP contribution in [0, 0.1) is 6.92 Å². The van der Waals surface area contributed by atoms with Crippen molar-refractivity contribution in [1.29, 1.82) is 0 Å². The first-order chi connectivity index (χ1) is 6.18. The highest BCUT2D eigenvalue weighted by atomic mass is 16.7. The topological polar surface area (TPSA) is 55.8 Å². The molecule has 0 radical (unpaired) electrons. The van der Waals surface area contributed by atoms with E-state index in [9.17, 15) is 4.79 Å². The number of carboxylic acid groups (broad SMARTS) is 1. The van der Waals surface area contributed by atoms with Crippen molar-refractivity contribution < 1.29 is 19.4 Å². The van der Waals surface area contributed by atoms with Gasteiger partial charge in [-0.1, -0.05) is 0 Å². The van der Waals surface area contributed by atoms with Gasteiger partial charge in [0.1, 0.15) is 0 Å². The Labute approximate surface area is 74.7 Å². The molecule has 0 unspecified atom stereocenters. The lowest BCUT2D eigenvalue weighted by atomic mass is 10.1. The van der Waals surface area contributed by atoms with Crippen molar-refractivity contribution in [3.63, 3.8) is 0 Å². The zero-order valence-electron chi connectivity index (χ0n) is 7.03. The summed E-state index contributed by atoms with van der Waals surface area (Å²) >= 11 is 0. The lowest BCUT2D eigenvalue weighted by molar-refractivity contribution is 0.0695. The SMILES string of the molecule is Cc1cc2c(cc1C(=O)O)OCO2. The third-order valence-corrected chi connectivity index (χ3v) is 1.95. The lowest BCUT2D eigenvalue weighted by Gasteiger charge is -2.02. The monoisotopic (exact) mass is 180 g/mol. The highest BCUT2D eigenvalue weighted by Crippen LogP contribution is 2.34. The first kappa shape index (κ1) is 7.91. The Morgan fingerprint density at radius 3 is 2.62 bits per heavy atom. The van der Waals surface area contributed by atoms with E-state index in [0.717, 1.165) is 0 Å². The number of aryl methyl sites for hydroxylation is 1. The number of hydrogen-bond acceptors (Lipinski definition) is 3. The molecule has 13 heavy (non-hydrogen) atoms. The van der Waals surface area contributed by atoms with Crippen molar-refractivity contribution in [1.82, 2.24) is 0 Å². The van der Waals surface area contributed by atoms with E-state index >= 15 is 0 Å². The quantitative estimate of drug-likeness (QED) is 0.710. The van der Waals surface area contributed by atoms with Gasteiger partial charge in [-0.05, 0) is 24.6 Å². The number of carboxylic acids is 1. The summed E-state index contributed by atoms with van der Waals surface area (Å²) in [6.07, 6.45) is 0. The van der Waals surface area contributed by atoms with Crippen molar-refractivity contribution in [3.05, 3.63) is 23.3 Å². The number of benzene rings is 1. The van der Waals surface area contributed by atoms with Gasteiger partial charge in [0, 0.05) is 0 Å². The second-order valence-corrected chi connectivity index (χ2v) is 2.83. The summed E-state index contributed by atoms with van der Waals surface area (Å²) in [6.45, 7) is 1.89. The van der Waals surface area contributed by atoms with Gasteiger partial charge in [0.2, 0.25) is 6.79 Å². The van der Waals surface area contributed by atoms with Crippen LogP contribution in [0.25, 0.3) is 0 Å². The fourth-order valence-corrected chi connectivity index (χ4v) is 1.27. The van der Waals surface area contributed by atoms with Crippen molar-refractivity contribution >= 4 is 5.97 Å². The molecule has 0 fully saturated rings. The summed E-state index contributed by atoms with van der Waals surface area (Å²) in [5, 5.41) is 8.80. The largest absolute Gasteiger partial charge is 0.478 e. The maximum absolute atomic E-state index is 10.7. The first-order valence-corrected chi connectivity index (χ1v) is 3.82. The molecule has 1 aliphatic heterocycles. The predicted molar refractivity (Wildman–Crippen MR) is 44.3 cm³/mol. The fourth-order valence-electron chi connectivity index (χ4n) is 1.27. The molecule has 0 aliphatic carbocycles. The molecule has 1 aromatic carbocycles. The molecule has 0 saturated heterocycles. The van der Waals surface area contributed by atoms with E-state index in [2.05, 4.69) is 0 Å². The fraction of sp³-hybridized carbons (Fsp3) is 0.222. The Kier molecular flexibility index (Phi) is 1.62. The minimum absolute atomic E-state index is 0.165. The number of aromatic carboxylic acids is 1. The van der Waals surface area contributed by atoms with Gasteiger partial charge in [-0.3, -0.25) is 0 Å². The Balaban J connectivity index is 2.55. The second kappa shape index (κ2) is 2.65.